The van der Waals surface area contributed by atoms with Gasteiger partial charge in [0.15, 0.2) is 6.61 Å². The Balaban J connectivity index is 2.12. The van der Waals surface area contributed by atoms with Crippen LogP contribution in [0.4, 0.5) is 4.39 Å². The van der Waals surface area contributed by atoms with Gasteiger partial charge in [-0.05, 0) is 62.7 Å². The van der Waals surface area contributed by atoms with E-state index in [9.17, 15) is 14.0 Å². The van der Waals surface area contributed by atoms with Crippen molar-refractivity contribution in [3.63, 3.8) is 0 Å². The summed E-state index contributed by atoms with van der Waals surface area (Å²) in [5.41, 5.74) is 0.713. The normalized spacial score (nSPS) is 11.8. The number of nitrogens with one attached hydrogen (secondary N) is 1. The monoisotopic (exact) mass is 406 g/mol. The molecule has 1 atom stereocenters. The Kier molecular flexibility index (Phi) is 7.81. The molecule has 0 spiro atoms. The lowest BCUT2D eigenvalue weighted by Crippen LogP contribution is -2.50. The summed E-state index contributed by atoms with van der Waals surface area (Å²) in [7, 11) is 0. The molecular formula is C21H24ClFN2O3. The first-order valence-corrected chi connectivity index (χ1v) is 9.36. The standard InChI is InChI=1S/C21H24ClFN2O3/c1-14(2)24-21(27)15(3)25(12-16-4-8-18(23)9-5-16)20(26)13-28-19-10-6-17(22)7-11-19/h4-11,14-15H,12-13H2,1-3H3,(H,24,27)/t15-/m0/s1. The van der Waals surface area contributed by atoms with Crippen LogP contribution in [0.3, 0.4) is 0 Å². The number of nitrogens with zero attached hydrogens (tertiary/aromatic N) is 1. The maximum absolute atomic E-state index is 13.2. The van der Waals surface area contributed by atoms with E-state index in [1.807, 2.05) is 13.8 Å². The minimum atomic E-state index is -0.714. The molecule has 0 aromatic heterocycles. The van der Waals surface area contributed by atoms with Crippen molar-refractivity contribution in [1.82, 2.24) is 10.2 Å². The molecule has 7 heteroatoms. The largest absolute Gasteiger partial charge is 0.484 e. The van der Waals surface area contributed by atoms with Gasteiger partial charge in [0, 0.05) is 17.6 Å². The Morgan fingerprint density at radius 2 is 1.68 bits per heavy atom. The van der Waals surface area contributed by atoms with E-state index in [2.05, 4.69) is 5.32 Å². The Morgan fingerprint density at radius 1 is 1.07 bits per heavy atom. The van der Waals surface area contributed by atoms with E-state index >= 15 is 0 Å². The van der Waals surface area contributed by atoms with Crippen molar-refractivity contribution in [1.29, 1.82) is 0 Å². The maximum atomic E-state index is 13.2. The van der Waals surface area contributed by atoms with Gasteiger partial charge < -0.3 is 15.0 Å². The Bertz CT molecular complexity index is 794. The van der Waals surface area contributed by atoms with Crippen LogP contribution >= 0.6 is 11.6 Å². The van der Waals surface area contributed by atoms with Gasteiger partial charge in [0.1, 0.15) is 17.6 Å². The fourth-order valence-electron chi connectivity index (χ4n) is 2.53. The molecule has 0 heterocycles. The number of halogens is 2. The van der Waals surface area contributed by atoms with E-state index in [1.54, 1.807) is 43.3 Å². The highest BCUT2D eigenvalue weighted by Crippen LogP contribution is 2.16. The second-order valence-corrected chi connectivity index (χ2v) is 7.17. The zero-order valence-electron chi connectivity index (χ0n) is 16.1. The number of carbonyl (C=O) groups excluding carboxylic acids is 2. The molecular weight excluding hydrogens is 383 g/mol. The van der Waals surface area contributed by atoms with Crippen molar-refractivity contribution in [3.05, 3.63) is 64.9 Å². The van der Waals surface area contributed by atoms with Crippen LogP contribution in [0.2, 0.25) is 5.02 Å². The van der Waals surface area contributed by atoms with Crippen LogP contribution in [-0.2, 0) is 16.1 Å². The third-order valence-electron chi connectivity index (χ3n) is 4.04. The van der Waals surface area contributed by atoms with Gasteiger partial charge in [0.25, 0.3) is 5.91 Å². The van der Waals surface area contributed by atoms with Crippen LogP contribution in [-0.4, -0.2) is 35.4 Å². The molecule has 0 fully saturated rings. The van der Waals surface area contributed by atoms with Crippen LogP contribution in [0.25, 0.3) is 0 Å². The van der Waals surface area contributed by atoms with Crippen molar-refractivity contribution >= 4 is 23.4 Å². The Morgan fingerprint density at radius 3 is 2.25 bits per heavy atom. The molecule has 0 radical (unpaired) electrons. The van der Waals surface area contributed by atoms with Gasteiger partial charge in [-0.1, -0.05) is 23.7 Å². The van der Waals surface area contributed by atoms with Crippen molar-refractivity contribution in [2.75, 3.05) is 6.61 Å². The van der Waals surface area contributed by atoms with Crippen LogP contribution in [0.5, 0.6) is 5.75 Å². The molecule has 2 aromatic carbocycles. The van der Waals surface area contributed by atoms with E-state index in [4.69, 9.17) is 16.3 Å². The highest BCUT2D eigenvalue weighted by atomic mass is 35.5. The van der Waals surface area contributed by atoms with Crippen molar-refractivity contribution < 1.29 is 18.7 Å². The van der Waals surface area contributed by atoms with E-state index < -0.39 is 6.04 Å². The number of amides is 2. The number of ether oxygens (including phenoxy) is 1. The van der Waals surface area contributed by atoms with E-state index in [0.717, 1.165) is 0 Å². The first-order valence-electron chi connectivity index (χ1n) is 8.99. The fourth-order valence-corrected chi connectivity index (χ4v) is 2.66. The molecule has 2 aromatic rings. The second-order valence-electron chi connectivity index (χ2n) is 6.73. The summed E-state index contributed by atoms with van der Waals surface area (Å²) >= 11 is 5.84. The van der Waals surface area contributed by atoms with Gasteiger partial charge in [-0.2, -0.15) is 0 Å². The third kappa shape index (κ3) is 6.53. The lowest BCUT2D eigenvalue weighted by atomic mass is 10.1. The van der Waals surface area contributed by atoms with Gasteiger partial charge in [-0.3, -0.25) is 9.59 Å². The molecule has 0 aliphatic rings. The Labute approximate surface area is 169 Å². The van der Waals surface area contributed by atoms with Crippen LogP contribution in [0.1, 0.15) is 26.3 Å². The van der Waals surface area contributed by atoms with Crippen molar-refractivity contribution in [3.8, 4) is 5.75 Å². The topological polar surface area (TPSA) is 58.6 Å². The molecule has 0 aliphatic heterocycles. The fraction of sp³-hybridized carbons (Fsp3) is 0.333. The van der Waals surface area contributed by atoms with Crippen molar-refractivity contribution in [2.45, 2.75) is 39.4 Å². The van der Waals surface area contributed by atoms with Crippen LogP contribution in [0.15, 0.2) is 48.5 Å². The van der Waals surface area contributed by atoms with Gasteiger partial charge in [-0.25, -0.2) is 4.39 Å². The van der Waals surface area contributed by atoms with E-state index in [0.29, 0.717) is 16.3 Å². The number of rotatable bonds is 8. The third-order valence-corrected chi connectivity index (χ3v) is 4.29. The summed E-state index contributed by atoms with van der Waals surface area (Å²) in [6.07, 6.45) is 0. The molecule has 2 amide bonds. The van der Waals surface area contributed by atoms with Crippen LogP contribution in [0, 0.1) is 5.82 Å². The number of benzene rings is 2. The predicted octanol–water partition coefficient (Wildman–Crippen LogP) is 3.80. The molecule has 0 bridgehead atoms. The molecule has 1 N–H and O–H groups in total. The zero-order chi connectivity index (χ0) is 20.7. The molecule has 5 nitrogen and oxygen atoms in total. The lowest BCUT2D eigenvalue weighted by Gasteiger charge is -2.29. The quantitative estimate of drug-likeness (QED) is 0.725. The highest BCUT2D eigenvalue weighted by Gasteiger charge is 2.26. The van der Waals surface area contributed by atoms with Crippen LogP contribution < -0.4 is 10.1 Å². The van der Waals surface area contributed by atoms with Gasteiger partial charge in [-0.15, -0.1) is 0 Å². The second kappa shape index (κ2) is 10.1. The average Bonchev–Trinajstić information content (AvgIpc) is 2.65. The SMILES string of the molecule is CC(C)NC(=O)[C@H](C)N(Cc1ccc(F)cc1)C(=O)COc1ccc(Cl)cc1. The minimum Gasteiger partial charge on any atom is -0.484 e. The molecule has 0 saturated carbocycles. The van der Waals surface area contributed by atoms with E-state index in [1.165, 1.54) is 17.0 Å². The molecule has 150 valence electrons. The van der Waals surface area contributed by atoms with E-state index in [-0.39, 0.29) is 36.8 Å². The van der Waals surface area contributed by atoms with Gasteiger partial charge in [0.2, 0.25) is 5.91 Å². The zero-order valence-corrected chi connectivity index (χ0v) is 16.9. The summed E-state index contributed by atoms with van der Waals surface area (Å²) in [5, 5.41) is 3.37. The number of hydrogen-bond donors (Lipinski definition) is 1. The molecule has 0 unspecified atom stereocenters. The lowest BCUT2D eigenvalue weighted by molar-refractivity contribution is -0.142. The number of carbonyl (C=O) groups is 2. The molecule has 0 saturated heterocycles. The summed E-state index contributed by atoms with van der Waals surface area (Å²) in [6, 6.07) is 11.7. The summed E-state index contributed by atoms with van der Waals surface area (Å²) in [5.74, 6) is -0.486. The van der Waals surface area contributed by atoms with Crippen molar-refractivity contribution in [2.24, 2.45) is 0 Å². The first kappa shape index (κ1) is 21.7. The maximum Gasteiger partial charge on any atom is 0.261 e. The Hall–Kier alpha value is -2.60. The number of hydrogen-bond acceptors (Lipinski definition) is 3. The summed E-state index contributed by atoms with van der Waals surface area (Å²) in [6.45, 7) is 5.28. The molecule has 2 rings (SSSR count). The first-order chi connectivity index (χ1) is 13.3. The summed E-state index contributed by atoms with van der Waals surface area (Å²) < 4.78 is 18.7. The molecule has 0 aliphatic carbocycles. The highest BCUT2D eigenvalue weighted by molar-refractivity contribution is 6.30. The average molecular weight is 407 g/mol. The predicted molar refractivity (Wildman–Crippen MR) is 107 cm³/mol. The smallest absolute Gasteiger partial charge is 0.261 e. The van der Waals surface area contributed by atoms with Gasteiger partial charge in [0.05, 0.1) is 0 Å². The minimum absolute atomic E-state index is 0.0527. The molecule has 28 heavy (non-hydrogen) atoms. The summed E-state index contributed by atoms with van der Waals surface area (Å²) in [4.78, 5) is 26.7. The van der Waals surface area contributed by atoms with Gasteiger partial charge >= 0.3 is 0 Å².